The minimum atomic E-state index is -0.188. The lowest BCUT2D eigenvalue weighted by molar-refractivity contribution is -0.116. The van der Waals surface area contributed by atoms with Crippen molar-refractivity contribution in [2.75, 3.05) is 10.6 Å². The van der Waals surface area contributed by atoms with Crippen molar-refractivity contribution in [3.63, 3.8) is 0 Å². The molecule has 0 fully saturated rings. The van der Waals surface area contributed by atoms with Crippen molar-refractivity contribution >= 4 is 23.2 Å². The van der Waals surface area contributed by atoms with Crippen molar-refractivity contribution in [3.05, 3.63) is 46.9 Å². The normalized spacial score (nSPS) is 14.0. The molecule has 2 amide bonds. The van der Waals surface area contributed by atoms with Gasteiger partial charge in [0.1, 0.15) is 11.5 Å². The molecule has 5 nitrogen and oxygen atoms in total. The van der Waals surface area contributed by atoms with Crippen LogP contribution in [0.3, 0.4) is 0 Å². The molecular weight excluding hydrogens is 280 g/mol. The van der Waals surface area contributed by atoms with E-state index in [4.69, 9.17) is 4.42 Å². The van der Waals surface area contributed by atoms with Crippen LogP contribution >= 0.6 is 0 Å². The van der Waals surface area contributed by atoms with E-state index in [1.54, 1.807) is 19.1 Å². The molecule has 5 heteroatoms. The van der Waals surface area contributed by atoms with Crippen LogP contribution in [0.2, 0.25) is 0 Å². The third-order valence-corrected chi connectivity index (χ3v) is 3.77. The third-order valence-electron chi connectivity index (χ3n) is 3.77. The molecule has 3 rings (SSSR count). The Hall–Kier alpha value is -2.56. The van der Waals surface area contributed by atoms with Gasteiger partial charge in [0.2, 0.25) is 5.91 Å². The molecule has 0 radical (unpaired) electrons. The number of aryl methyl sites for hydroxylation is 3. The van der Waals surface area contributed by atoms with Gasteiger partial charge in [0.25, 0.3) is 5.91 Å². The van der Waals surface area contributed by atoms with Gasteiger partial charge in [0.05, 0.1) is 5.56 Å². The molecule has 1 aromatic carbocycles. The van der Waals surface area contributed by atoms with E-state index in [-0.39, 0.29) is 11.8 Å². The molecular formula is C17H18N2O3. The molecule has 114 valence electrons. The highest BCUT2D eigenvalue weighted by Gasteiger charge is 2.16. The molecule has 0 saturated heterocycles. The maximum atomic E-state index is 12.3. The summed E-state index contributed by atoms with van der Waals surface area (Å²) >= 11 is 0. The Kier molecular flexibility index (Phi) is 3.71. The fourth-order valence-corrected chi connectivity index (χ4v) is 2.71. The predicted octanol–water partition coefficient (Wildman–Crippen LogP) is 3.42. The number of carbonyl (C=O) groups is 2. The van der Waals surface area contributed by atoms with Crippen LogP contribution in [0.1, 0.15) is 40.3 Å². The highest BCUT2D eigenvalue weighted by Crippen LogP contribution is 2.26. The van der Waals surface area contributed by atoms with Crippen molar-refractivity contribution in [1.82, 2.24) is 0 Å². The summed E-state index contributed by atoms with van der Waals surface area (Å²) in [5.41, 5.74) is 3.14. The molecule has 0 unspecified atom stereocenters. The second kappa shape index (κ2) is 5.67. The van der Waals surface area contributed by atoms with Crippen LogP contribution in [0, 0.1) is 13.8 Å². The van der Waals surface area contributed by atoms with Gasteiger partial charge in [-0.15, -0.1) is 0 Å². The number of benzene rings is 1. The van der Waals surface area contributed by atoms with Crippen molar-refractivity contribution < 1.29 is 14.0 Å². The topological polar surface area (TPSA) is 71.3 Å². The summed E-state index contributed by atoms with van der Waals surface area (Å²) in [6, 6.07) is 7.28. The first-order chi connectivity index (χ1) is 10.5. The van der Waals surface area contributed by atoms with Crippen molar-refractivity contribution in [3.8, 4) is 0 Å². The molecule has 0 spiro atoms. The van der Waals surface area contributed by atoms with Crippen LogP contribution in [0.15, 0.2) is 28.7 Å². The van der Waals surface area contributed by atoms with E-state index in [0.29, 0.717) is 23.5 Å². The lowest BCUT2D eigenvalue weighted by Crippen LogP contribution is -2.13. The van der Waals surface area contributed by atoms with Gasteiger partial charge in [0, 0.05) is 17.8 Å². The molecule has 0 bridgehead atoms. The summed E-state index contributed by atoms with van der Waals surface area (Å²) in [5.74, 6) is 1.18. The highest BCUT2D eigenvalue weighted by molar-refractivity contribution is 6.05. The second-order valence-electron chi connectivity index (χ2n) is 5.55. The maximum Gasteiger partial charge on any atom is 0.259 e. The number of carbonyl (C=O) groups excluding carboxylic acids is 2. The number of nitrogens with one attached hydrogen (secondary N) is 2. The predicted molar refractivity (Wildman–Crippen MR) is 84.1 cm³/mol. The van der Waals surface area contributed by atoms with Crippen molar-refractivity contribution in [2.45, 2.75) is 33.1 Å². The van der Waals surface area contributed by atoms with Crippen LogP contribution < -0.4 is 10.6 Å². The van der Waals surface area contributed by atoms with Crippen molar-refractivity contribution in [2.24, 2.45) is 0 Å². The van der Waals surface area contributed by atoms with Gasteiger partial charge in [-0.25, -0.2) is 0 Å². The van der Waals surface area contributed by atoms with Gasteiger partial charge in [-0.1, -0.05) is 0 Å². The Morgan fingerprint density at radius 3 is 2.77 bits per heavy atom. The zero-order chi connectivity index (χ0) is 15.7. The number of rotatable bonds is 2. The van der Waals surface area contributed by atoms with E-state index in [9.17, 15) is 9.59 Å². The van der Waals surface area contributed by atoms with Crippen LogP contribution in [-0.4, -0.2) is 11.8 Å². The molecule has 0 saturated carbocycles. The van der Waals surface area contributed by atoms with Gasteiger partial charge in [0.15, 0.2) is 0 Å². The van der Waals surface area contributed by atoms with Crippen LogP contribution in [0.5, 0.6) is 0 Å². The Morgan fingerprint density at radius 2 is 2.05 bits per heavy atom. The van der Waals surface area contributed by atoms with E-state index < -0.39 is 0 Å². The standard InChI is InChI=1S/C17H18N2O3/c1-10-8-14(11(2)22-10)17(21)18-13-6-7-15-12(9-13)4-3-5-16(20)19-15/h6-9H,3-5H2,1-2H3,(H,18,21)(H,19,20). The molecule has 1 aliphatic rings. The van der Waals surface area contributed by atoms with Gasteiger partial charge in [-0.3, -0.25) is 9.59 Å². The lowest BCUT2D eigenvalue weighted by atomic mass is 10.1. The fraction of sp³-hybridized carbons (Fsp3) is 0.294. The Morgan fingerprint density at radius 1 is 1.23 bits per heavy atom. The van der Waals surface area contributed by atoms with E-state index >= 15 is 0 Å². The van der Waals surface area contributed by atoms with Crippen LogP contribution in [0.4, 0.5) is 11.4 Å². The van der Waals surface area contributed by atoms with Crippen molar-refractivity contribution in [1.29, 1.82) is 0 Å². The van der Waals surface area contributed by atoms with E-state index in [1.807, 2.05) is 19.1 Å². The van der Waals surface area contributed by atoms with Gasteiger partial charge >= 0.3 is 0 Å². The minimum absolute atomic E-state index is 0.0417. The van der Waals surface area contributed by atoms with E-state index in [0.717, 1.165) is 29.8 Å². The lowest BCUT2D eigenvalue weighted by Gasteiger charge is -2.10. The highest BCUT2D eigenvalue weighted by atomic mass is 16.3. The first-order valence-electron chi connectivity index (χ1n) is 7.34. The Bertz CT molecular complexity index is 746. The van der Waals surface area contributed by atoms with Crippen LogP contribution in [-0.2, 0) is 11.2 Å². The SMILES string of the molecule is Cc1cc(C(=O)Nc2ccc3c(c2)CCCC(=O)N3)c(C)o1. The fourth-order valence-electron chi connectivity index (χ4n) is 2.71. The van der Waals surface area contributed by atoms with Gasteiger partial charge in [-0.05, 0) is 56.5 Å². The number of furan rings is 1. The van der Waals surface area contributed by atoms with Gasteiger partial charge < -0.3 is 15.1 Å². The molecule has 1 aromatic heterocycles. The summed E-state index contributed by atoms with van der Waals surface area (Å²) in [7, 11) is 0. The molecule has 22 heavy (non-hydrogen) atoms. The summed E-state index contributed by atoms with van der Waals surface area (Å²) in [5, 5.41) is 5.76. The summed E-state index contributed by atoms with van der Waals surface area (Å²) < 4.78 is 5.38. The molecule has 2 N–H and O–H groups in total. The summed E-state index contributed by atoms with van der Waals surface area (Å²) in [6.45, 7) is 3.59. The third kappa shape index (κ3) is 2.88. The zero-order valence-electron chi connectivity index (χ0n) is 12.7. The molecule has 2 heterocycles. The number of hydrogen-bond donors (Lipinski definition) is 2. The summed E-state index contributed by atoms with van der Waals surface area (Å²) in [6.07, 6.45) is 2.17. The number of anilines is 2. The smallest absolute Gasteiger partial charge is 0.259 e. The molecule has 2 aromatic rings. The maximum absolute atomic E-state index is 12.3. The Balaban J connectivity index is 1.81. The number of hydrogen-bond acceptors (Lipinski definition) is 3. The second-order valence-corrected chi connectivity index (χ2v) is 5.55. The first kappa shape index (κ1) is 14.4. The molecule has 1 aliphatic heterocycles. The number of amides is 2. The minimum Gasteiger partial charge on any atom is -0.466 e. The first-order valence-corrected chi connectivity index (χ1v) is 7.34. The van der Waals surface area contributed by atoms with Crippen LogP contribution in [0.25, 0.3) is 0 Å². The zero-order valence-corrected chi connectivity index (χ0v) is 12.7. The summed E-state index contributed by atoms with van der Waals surface area (Å²) in [4.78, 5) is 23.8. The average molecular weight is 298 g/mol. The number of fused-ring (bicyclic) bond motifs is 1. The quantitative estimate of drug-likeness (QED) is 0.892. The van der Waals surface area contributed by atoms with E-state index in [1.165, 1.54) is 0 Å². The monoisotopic (exact) mass is 298 g/mol. The van der Waals surface area contributed by atoms with E-state index in [2.05, 4.69) is 10.6 Å². The Labute approximate surface area is 128 Å². The molecule has 0 aliphatic carbocycles. The van der Waals surface area contributed by atoms with Gasteiger partial charge in [-0.2, -0.15) is 0 Å². The average Bonchev–Trinajstić information content (AvgIpc) is 2.69. The largest absolute Gasteiger partial charge is 0.466 e. The molecule has 0 atom stereocenters.